The summed E-state index contributed by atoms with van der Waals surface area (Å²) in [6.07, 6.45) is 7.90. The van der Waals surface area contributed by atoms with Gasteiger partial charge in [-0.05, 0) is 75.8 Å². The number of fused-ring (bicyclic) bond motifs is 2. The number of likely N-dealkylation sites (N-methyl/N-ethyl adjacent to an activating group) is 2. The molecule has 4 bridgehead atoms. The zero-order valence-corrected chi connectivity index (χ0v) is 61.8. The Hall–Kier alpha value is -9.83. The first-order valence-corrected chi connectivity index (χ1v) is 35.3. The maximum absolute atomic E-state index is 15.1. The van der Waals surface area contributed by atoms with Crippen LogP contribution in [0.1, 0.15) is 129 Å². The number of carbonyl (C=O) groups excluding carboxylic acids is 9. The minimum atomic E-state index is -2.11. The number of anilines is 3. The van der Waals surface area contributed by atoms with E-state index in [1.165, 1.54) is 65.4 Å². The van der Waals surface area contributed by atoms with Crippen LogP contribution in [0, 0.1) is 42.4 Å². The maximum Gasteiger partial charge on any atom is 0.312 e. The smallest absolute Gasteiger partial charge is 0.312 e. The molecule has 5 aromatic rings. The van der Waals surface area contributed by atoms with Crippen molar-refractivity contribution in [3.8, 4) is 11.5 Å². The van der Waals surface area contributed by atoms with Crippen molar-refractivity contribution in [2.24, 2.45) is 41.2 Å². The minimum absolute atomic E-state index is 0.0487. The van der Waals surface area contributed by atoms with Crippen LogP contribution in [-0.2, 0) is 54.3 Å². The number of ether oxygens (including phenoxy) is 4. The van der Waals surface area contributed by atoms with Crippen LogP contribution < -0.4 is 42.1 Å². The number of phenolic OH excluding ortho intramolecular Hbond substituents is 1. The van der Waals surface area contributed by atoms with Crippen LogP contribution in [0.15, 0.2) is 100.0 Å². The molecule has 0 unspecified atom stereocenters. The molecule has 7 amide bonds. The molecular weight excluding hydrogens is 1340 g/mol. The highest BCUT2D eigenvalue weighted by Crippen LogP contribution is 2.49. The summed E-state index contributed by atoms with van der Waals surface area (Å²) in [5.41, 5.74) is 6.61. The molecular formula is C77H100N9O18+. The van der Waals surface area contributed by atoms with Crippen molar-refractivity contribution in [1.29, 1.82) is 0 Å². The van der Waals surface area contributed by atoms with Gasteiger partial charge in [-0.3, -0.25) is 48.1 Å². The van der Waals surface area contributed by atoms with Gasteiger partial charge in [-0.15, -0.1) is 0 Å². The number of aliphatic hydroxyl groups excluding tert-OH is 2. The van der Waals surface area contributed by atoms with Crippen LogP contribution in [0.3, 0.4) is 0 Å². The molecule has 0 radical (unpaired) electrons. The number of amides is 7. The first kappa shape index (κ1) is 79.9. The van der Waals surface area contributed by atoms with E-state index in [4.69, 9.17) is 34.1 Å². The zero-order valence-electron chi connectivity index (χ0n) is 61.8. The van der Waals surface area contributed by atoms with Gasteiger partial charge in [0.15, 0.2) is 28.1 Å². The van der Waals surface area contributed by atoms with E-state index in [-0.39, 0.29) is 123 Å². The zero-order chi connectivity index (χ0) is 76.4. The first-order chi connectivity index (χ1) is 49.1. The third-order valence-electron chi connectivity index (χ3n) is 20.0. The molecule has 4 heterocycles. The van der Waals surface area contributed by atoms with Gasteiger partial charge in [0.2, 0.25) is 11.8 Å². The number of nitrogens with one attached hydrogen (secondary N) is 4. The minimum Gasteiger partial charge on any atom is -0.505 e. The Morgan fingerprint density at radius 3 is 2.24 bits per heavy atom. The lowest BCUT2D eigenvalue weighted by atomic mass is 9.78. The van der Waals surface area contributed by atoms with Crippen LogP contribution in [0.4, 0.5) is 21.9 Å². The van der Waals surface area contributed by atoms with E-state index in [9.17, 15) is 58.5 Å². The number of rotatable bonds is 25. The Labute approximate surface area is 604 Å². The van der Waals surface area contributed by atoms with Gasteiger partial charge in [0.05, 0.1) is 68.8 Å². The van der Waals surface area contributed by atoms with Crippen molar-refractivity contribution >= 4 is 103 Å². The highest BCUT2D eigenvalue weighted by atomic mass is 16.7. The lowest BCUT2D eigenvalue weighted by Gasteiger charge is -2.38. The summed E-state index contributed by atoms with van der Waals surface area (Å²) in [6, 6.07) is 11.1. The number of allylic oxidation sites excluding steroid dienone is 2. The topological polar surface area (TPSA) is 375 Å². The average molecular weight is 1440 g/mol. The van der Waals surface area contributed by atoms with E-state index in [0.717, 1.165) is 10.5 Å². The number of aliphatic hydroxyl groups is 2. The van der Waals surface area contributed by atoms with Gasteiger partial charge < -0.3 is 75.1 Å². The molecule has 4 aromatic carbocycles. The number of primary amides is 1. The molecule has 560 valence electrons. The number of hydrogen-bond donors (Lipinski definition) is 8. The highest BCUT2D eigenvalue weighted by molar-refractivity contribution is 6.26. The second kappa shape index (κ2) is 34.2. The number of benzene rings is 4. The molecule has 8 rings (SSSR count). The standard InChI is InChI=1S/C77H99N9O18/c1-41(2)63(82-57(89)23-16-15-17-34-85-58(90)30-31-59(85)91)54(88)38-50(22-19-33-79-76(78)99)75(98)80-51-26-24-49(25-27-51)40-86(12,13)36-35-84(11)52-28-29-53-56(39-52)103-72-64(81-53)60-61-68(94)47(8)71-62(60)73(96)77(10,104-71)101-37-32-55(100-14)44(5)70(102-48(9)87)46(7)67(93)45(6)66(92)42(3)20-18-21-43(4)74(97)83-65(72)69(61)95/h18,20-21,24-32,37,39,41-42,44-46,50,55,63,66-67,70,92-93H,15-17,19,22-23,33-36,38,40H2,1-14H3,(H6-,78,79,80,81,82,83,89,94,95,96,97,98,99)/p+1/b20-18+,37-32+,43-21-/t42-,44+,45+,46+,50+,55-,63-,66-,67+,70+,77-/m0/s1. The molecule has 0 saturated carbocycles. The number of quaternary nitrogens is 1. The number of aromatic hydroxyl groups is 1. The SMILES string of the molecule is CO[C@H]1/C=C/O[C@@]2(C)Oc3c(C)c(=O)c4c(O)c(c5oc6cc(N(C)CC[N+](C)(C)Cc7ccc(NC(=O)[C@H](CCCNC(N)=O)CC(=O)[C@@H](NC(=O)CCCCCN8C(=O)C=CC8=O)C(C)C)cc7)ccc6nc5c4c3C2=O)NC(=O)/C(C)=C\C=C\[C@H](C)[C@H](O)[C@@H](C)[C@@H](O)[C@@H](C)[C@H](OC(C)=O)[C@@H]1C. The molecule has 0 saturated heterocycles. The van der Waals surface area contributed by atoms with Crippen LogP contribution in [0.2, 0.25) is 0 Å². The van der Waals surface area contributed by atoms with Gasteiger partial charge >= 0.3 is 17.8 Å². The number of nitrogens with zero attached hydrogens (tertiary/aromatic N) is 4. The normalized spacial score (nSPS) is 23.5. The fourth-order valence-electron chi connectivity index (χ4n) is 13.6. The molecule has 0 fully saturated rings. The Morgan fingerprint density at radius 1 is 0.894 bits per heavy atom. The fraction of sp³-hybridized carbons (Fsp3) is 0.494. The average Bonchev–Trinajstić information content (AvgIpc) is 1.43. The van der Waals surface area contributed by atoms with Crippen LogP contribution in [-0.4, -0.2) is 173 Å². The van der Waals surface area contributed by atoms with Crippen LogP contribution >= 0.6 is 0 Å². The summed E-state index contributed by atoms with van der Waals surface area (Å²) in [5.74, 6) is -10.6. The number of methoxy groups -OCH3 is 1. The third kappa shape index (κ3) is 18.7. The number of urea groups is 1. The molecule has 9 N–H and O–H groups in total. The van der Waals surface area contributed by atoms with Gasteiger partial charge in [0.25, 0.3) is 23.5 Å². The van der Waals surface area contributed by atoms with E-state index in [0.29, 0.717) is 61.2 Å². The Kier molecular flexibility index (Phi) is 26.2. The van der Waals surface area contributed by atoms with E-state index in [1.54, 1.807) is 78.0 Å². The molecule has 27 heteroatoms. The Bertz CT molecular complexity index is 4280. The number of aromatic nitrogens is 1. The predicted molar refractivity (Wildman–Crippen MR) is 392 cm³/mol. The molecule has 0 aliphatic carbocycles. The van der Waals surface area contributed by atoms with Gasteiger partial charge in [-0.1, -0.05) is 78.3 Å². The van der Waals surface area contributed by atoms with Crippen LogP contribution in [0.5, 0.6) is 11.5 Å². The quantitative estimate of drug-likeness (QED) is 0.00518. The molecule has 0 spiro atoms. The van der Waals surface area contributed by atoms with Gasteiger partial charge in [0.1, 0.15) is 35.1 Å². The maximum atomic E-state index is 15.1. The summed E-state index contributed by atoms with van der Waals surface area (Å²) in [4.78, 5) is 141. The Morgan fingerprint density at radius 2 is 1.59 bits per heavy atom. The number of hydrogen-bond acceptors (Lipinski definition) is 20. The number of ketones is 2. The number of phenols is 1. The van der Waals surface area contributed by atoms with E-state index >= 15 is 4.79 Å². The summed E-state index contributed by atoms with van der Waals surface area (Å²) in [7, 11) is 7.49. The van der Waals surface area contributed by atoms with E-state index in [1.807, 2.05) is 30.1 Å². The molecule has 11 atom stereocenters. The number of unbranched alkanes of at least 4 members (excludes halogenated alkanes) is 2. The van der Waals surface area contributed by atoms with Gasteiger partial charge in [-0.25, -0.2) is 9.78 Å². The van der Waals surface area contributed by atoms with Crippen LogP contribution in [0.25, 0.3) is 33.0 Å². The summed E-state index contributed by atoms with van der Waals surface area (Å²) in [5, 5.41) is 46.4. The fourth-order valence-corrected chi connectivity index (χ4v) is 13.6. The van der Waals surface area contributed by atoms with Crippen molar-refractivity contribution < 1.29 is 86.3 Å². The van der Waals surface area contributed by atoms with Crippen molar-refractivity contribution in [1.82, 2.24) is 20.5 Å². The van der Waals surface area contributed by atoms with Gasteiger partial charge in [0, 0.05) is 135 Å². The second-order valence-corrected chi connectivity index (χ2v) is 28.9. The number of carbonyl (C=O) groups is 9. The predicted octanol–water partition coefficient (Wildman–Crippen LogP) is 8.30. The third-order valence-corrected chi connectivity index (χ3v) is 20.0. The lowest BCUT2D eigenvalue weighted by molar-refractivity contribution is -0.902. The lowest BCUT2D eigenvalue weighted by Crippen LogP contribution is -2.46. The van der Waals surface area contributed by atoms with Gasteiger partial charge in [-0.2, -0.15) is 0 Å². The Balaban J connectivity index is 1.01. The number of esters is 1. The summed E-state index contributed by atoms with van der Waals surface area (Å²) < 4.78 is 31.3. The van der Waals surface area contributed by atoms with E-state index < -0.39 is 107 Å². The highest BCUT2D eigenvalue weighted by Gasteiger charge is 2.50. The summed E-state index contributed by atoms with van der Waals surface area (Å²) in [6.45, 7) is 18.2. The number of imide groups is 1. The van der Waals surface area contributed by atoms with Crippen molar-refractivity contribution in [2.75, 3.05) is 70.0 Å². The van der Waals surface area contributed by atoms with E-state index in [2.05, 4.69) is 35.4 Å². The molecule has 27 nitrogen and oxygen atoms in total. The monoisotopic (exact) mass is 1440 g/mol. The number of nitrogens with two attached hydrogens (primary N) is 1. The first-order valence-electron chi connectivity index (χ1n) is 35.3. The second-order valence-electron chi connectivity index (χ2n) is 28.9. The largest absolute Gasteiger partial charge is 0.505 e. The molecule has 3 aliphatic rings. The summed E-state index contributed by atoms with van der Waals surface area (Å²) >= 11 is 0. The molecule has 1 aromatic heterocycles. The van der Waals surface area contributed by atoms with Crippen molar-refractivity contribution in [2.45, 2.75) is 157 Å². The van der Waals surface area contributed by atoms with Crippen molar-refractivity contribution in [3.63, 3.8) is 0 Å². The molecule has 3 aliphatic heterocycles. The number of Topliss-reactive ketones (excluding diaryl/α,β-unsaturated/α-hetero) is 2. The van der Waals surface area contributed by atoms with Crippen molar-refractivity contribution in [3.05, 3.63) is 118 Å². The molecule has 104 heavy (non-hydrogen) atoms.